The third-order valence-corrected chi connectivity index (χ3v) is 9.35. The summed E-state index contributed by atoms with van der Waals surface area (Å²) in [7, 11) is -4.81. The minimum absolute atomic E-state index is 0.0522. The third-order valence-electron chi connectivity index (χ3n) is 5.57. The van der Waals surface area contributed by atoms with E-state index in [1.807, 2.05) is 6.07 Å². The molecular weight excluding hydrogens is 486 g/mol. The van der Waals surface area contributed by atoms with Gasteiger partial charge in [0.25, 0.3) is 0 Å². The fourth-order valence-corrected chi connectivity index (χ4v) is 6.69. The van der Waals surface area contributed by atoms with E-state index in [4.69, 9.17) is 9.47 Å². The first kappa shape index (κ1) is 26.5. The summed E-state index contributed by atoms with van der Waals surface area (Å²) in [6.07, 6.45) is 1.92. The maximum absolute atomic E-state index is 13.6. The Labute approximate surface area is 207 Å². The van der Waals surface area contributed by atoms with Crippen LogP contribution in [0.2, 0.25) is 0 Å². The molecule has 0 bridgehead atoms. The molecule has 3 rings (SSSR count). The molecule has 186 valence electrons. The van der Waals surface area contributed by atoms with Crippen LogP contribution in [0.3, 0.4) is 0 Å². The van der Waals surface area contributed by atoms with Gasteiger partial charge in [-0.15, -0.1) is 6.58 Å². The van der Waals surface area contributed by atoms with Crippen LogP contribution in [0.5, 0.6) is 11.5 Å². The molecule has 0 spiro atoms. The first-order valence-electron chi connectivity index (χ1n) is 10.9. The van der Waals surface area contributed by atoms with Gasteiger partial charge < -0.3 is 9.47 Å². The minimum atomic E-state index is -4.02. The van der Waals surface area contributed by atoms with Gasteiger partial charge in [-0.1, -0.05) is 36.4 Å². The lowest BCUT2D eigenvalue weighted by atomic mass is 10.1. The van der Waals surface area contributed by atoms with Crippen molar-refractivity contribution in [3.05, 3.63) is 90.5 Å². The van der Waals surface area contributed by atoms with E-state index in [1.54, 1.807) is 44.4 Å². The number of aryl methyl sites for hydroxylation is 1. The van der Waals surface area contributed by atoms with Crippen LogP contribution >= 0.6 is 0 Å². The van der Waals surface area contributed by atoms with Crippen molar-refractivity contribution in [3.8, 4) is 11.5 Å². The zero-order valence-corrected chi connectivity index (χ0v) is 21.6. The van der Waals surface area contributed by atoms with Gasteiger partial charge in [-0.3, -0.25) is 0 Å². The van der Waals surface area contributed by atoms with Crippen molar-refractivity contribution >= 4 is 19.9 Å². The highest BCUT2D eigenvalue weighted by Crippen LogP contribution is 2.29. The Balaban J connectivity index is 1.95. The summed E-state index contributed by atoms with van der Waals surface area (Å²) in [5, 5.41) is 0. The van der Waals surface area contributed by atoms with Crippen LogP contribution in [0, 0.1) is 6.92 Å². The molecule has 3 aromatic rings. The van der Waals surface area contributed by atoms with Crippen LogP contribution < -0.4 is 9.47 Å². The van der Waals surface area contributed by atoms with Crippen LogP contribution in [0.1, 0.15) is 11.1 Å². The maximum Gasteiger partial charge on any atom is 0.243 e. The number of hydrogen-bond acceptors (Lipinski definition) is 6. The molecule has 0 atom stereocenters. The molecule has 0 saturated carbocycles. The van der Waals surface area contributed by atoms with Gasteiger partial charge in [0.15, 0.2) is 11.5 Å². The molecule has 0 fully saturated rings. The molecule has 0 aliphatic heterocycles. The first-order valence-corrected chi connectivity index (χ1v) is 13.8. The van der Waals surface area contributed by atoms with E-state index in [1.165, 1.54) is 47.8 Å². The van der Waals surface area contributed by atoms with Gasteiger partial charge in [0.2, 0.25) is 19.9 Å². The van der Waals surface area contributed by atoms with Gasteiger partial charge in [-0.05, 0) is 60.9 Å². The van der Waals surface area contributed by atoms with E-state index in [-0.39, 0.29) is 27.8 Å². The zero-order valence-electron chi connectivity index (χ0n) is 20.0. The quantitative estimate of drug-likeness (QED) is 0.355. The number of nitrogens with zero attached hydrogens (tertiary/aromatic N) is 1. The van der Waals surface area contributed by atoms with Crippen molar-refractivity contribution in [2.75, 3.05) is 27.3 Å². The van der Waals surface area contributed by atoms with Crippen molar-refractivity contribution in [1.29, 1.82) is 0 Å². The summed E-state index contributed by atoms with van der Waals surface area (Å²) >= 11 is 0. The molecule has 7 nitrogen and oxygen atoms in total. The molecule has 0 aromatic heterocycles. The van der Waals surface area contributed by atoms with Crippen molar-refractivity contribution < 1.29 is 26.3 Å². The minimum Gasteiger partial charge on any atom is -0.493 e. The predicted molar refractivity (Wildman–Crippen MR) is 135 cm³/mol. The highest BCUT2D eigenvalue weighted by Gasteiger charge is 2.28. The molecule has 0 unspecified atom stereocenters. The highest BCUT2D eigenvalue weighted by molar-refractivity contribution is 7.91. The predicted octanol–water partition coefficient (Wildman–Crippen LogP) is 4.26. The number of sulfonamides is 1. The zero-order chi connectivity index (χ0) is 25.6. The van der Waals surface area contributed by atoms with Gasteiger partial charge in [0.05, 0.1) is 28.9 Å². The topological polar surface area (TPSA) is 90.0 Å². The van der Waals surface area contributed by atoms with Gasteiger partial charge >= 0.3 is 0 Å². The molecule has 0 heterocycles. The average Bonchev–Trinajstić information content (AvgIpc) is 2.86. The van der Waals surface area contributed by atoms with Crippen molar-refractivity contribution in [2.45, 2.75) is 28.0 Å². The Morgan fingerprint density at radius 2 is 1.54 bits per heavy atom. The summed E-state index contributed by atoms with van der Waals surface area (Å²) in [6.45, 7) is 5.58. The Bertz CT molecular complexity index is 1400. The third kappa shape index (κ3) is 5.75. The summed E-state index contributed by atoms with van der Waals surface area (Å²) in [5.74, 6) is 1.14. The highest BCUT2D eigenvalue weighted by atomic mass is 32.2. The van der Waals surface area contributed by atoms with Crippen molar-refractivity contribution in [2.24, 2.45) is 0 Å². The fraction of sp³-hybridized carbons (Fsp3) is 0.231. The molecular formula is C26H29NO6S2. The molecule has 0 aliphatic rings. The number of ether oxygens (including phenoxy) is 2. The molecule has 0 radical (unpaired) electrons. The maximum atomic E-state index is 13.6. The van der Waals surface area contributed by atoms with E-state index in [0.29, 0.717) is 23.5 Å². The standard InChI is InChI=1S/C26H29NO6S2/c1-5-16-27(17-15-21-12-14-24(32-3)25(18-21)33-4)35(30,31)26-19-23(13-11-20(26)2)34(28,29)22-9-7-6-8-10-22/h5-14,18-19H,1,15-17H2,2-4H3. The van der Waals surface area contributed by atoms with Crippen LogP contribution in [-0.2, 0) is 26.3 Å². The van der Waals surface area contributed by atoms with Crippen LogP contribution in [-0.4, -0.2) is 48.4 Å². The van der Waals surface area contributed by atoms with Crippen molar-refractivity contribution in [1.82, 2.24) is 4.31 Å². The summed E-state index contributed by atoms with van der Waals surface area (Å²) in [4.78, 5) is -0.0291. The molecule has 9 heteroatoms. The molecule has 35 heavy (non-hydrogen) atoms. The lowest BCUT2D eigenvalue weighted by Crippen LogP contribution is -2.33. The van der Waals surface area contributed by atoms with Gasteiger partial charge in [-0.2, -0.15) is 4.31 Å². The SMILES string of the molecule is C=CCN(CCc1ccc(OC)c(OC)c1)S(=O)(=O)c1cc(S(=O)(=O)c2ccccc2)ccc1C. The van der Waals surface area contributed by atoms with Crippen molar-refractivity contribution in [3.63, 3.8) is 0 Å². The van der Waals surface area contributed by atoms with E-state index >= 15 is 0 Å². The van der Waals surface area contributed by atoms with Gasteiger partial charge in [0.1, 0.15) is 0 Å². The number of methoxy groups -OCH3 is 2. The molecule has 0 amide bonds. The van der Waals surface area contributed by atoms with E-state index in [0.717, 1.165) is 5.56 Å². The van der Waals surface area contributed by atoms with E-state index < -0.39 is 19.9 Å². The molecule has 0 aliphatic carbocycles. The number of hydrogen-bond donors (Lipinski definition) is 0. The fourth-order valence-electron chi connectivity index (χ4n) is 3.64. The monoisotopic (exact) mass is 515 g/mol. The largest absolute Gasteiger partial charge is 0.493 e. The van der Waals surface area contributed by atoms with Gasteiger partial charge in [0, 0.05) is 13.1 Å². The second-order valence-electron chi connectivity index (χ2n) is 7.83. The summed E-state index contributed by atoms with van der Waals surface area (Å²) in [6, 6.07) is 17.5. The smallest absolute Gasteiger partial charge is 0.243 e. The summed E-state index contributed by atoms with van der Waals surface area (Å²) in [5.41, 5.74) is 1.32. The molecule has 3 aromatic carbocycles. The lowest BCUT2D eigenvalue weighted by molar-refractivity contribution is 0.354. The van der Waals surface area contributed by atoms with Crippen LogP contribution in [0.15, 0.2) is 94.1 Å². The van der Waals surface area contributed by atoms with E-state index in [9.17, 15) is 16.8 Å². The average molecular weight is 516 g/mol. The van der Waals surface area contributed by atoms with Gasteiger partial charge in [-0.25, -0.2) is 16.8 Å². The van der Waals surface area contributed by atoms with Crippen LogP contribution in [0.4, 0.5) is 0 Å². The first-order chi connectivity index (χ1) is 16.6. The Hall–Kier alpha value is -3.14. The van der Waals surface area contributed by atoms with Crippen LogP contribution in [0.25, 0.3) is 0 Å². The Kier molecular flexibility index (Phi) is 8.37. The second kappa shape index (κ2) is 11.1. The normalized spacial score (nSPS) is 11.9. The lowest BCUT2D eigenvalue weighted by Gasteiger charge is -2.22. The Morgan fingerprint density at radius 1 is 0.857 bits per heavy atom. The van der Waals surface area contributed by atoms with E-state index in [2.05, 4.69) is 6.58 Å². The number of benzene rings is 3. The number of sulfone groups is 1. The summed E-state index contributed by atoms with van der Waals surface area (Å²) < 4.78 is 65.4. The molecule has 0 saturated heterocycles. The Morgan fingerprint density at radius 3 is 2.17 bits per heavy atom. The molecule has 0 N–H and O–H groups in total. The number of rotatable bonds is 11. The second-order valence-corrected chi connectivity index (χ2v) is 11.7.